The maximum atomic E-state index is 13.9. The smallest absolute Gasteiger partial charge is 0.409 e. The highest BCUT2D eigenvalue weighted by molar-refractivity contribution is 7.85. The van der Waals surface area contributed by atoms with Crippen molar-refractivity contribution in [3.8, 4) is 16.9 Å². The molecule has 3 aromatic carbocycles. The van der Waals surface area contributed by atoms with Crippen molar-refractivity contribution in [1.29, 1.82) is 0 Å². The minimum Gasteiger partial charge on any atom is -0.481 e. The molecule has 10 N–H and O–H groups in total. The molecule has 2 saturated heterocycles. The number of benzene rings is 3. The molecule has 2 unspecified atom stereocenters. The monoisotopic (exact) mass is 1530 g/mol. The van der Waals surface area contributed by atoms with Gasteiger partial charge in [-0.05, 0) is 147 Å². The van der Waals surface area contributed by atoms with Crippen LogP contribution < -0.4 is 25.6 Å². The summed E-state index contributed by atoms with van der Waals surface area (Å²) in [5.74, 6) is -6.52. The SMILES string of the molecule is Cc1c(-c2ccc(N3CCc4cccc(C(=O)Nc5nc6ccccc6s5)c4C3)nc2C(=O)O)cnn1CC12CC3(C)CC(C)(C1)CC(OCCN(C)C(=O)OCc1ccc(CCCCNC(=O)CN4C(=O)[C@@H](NC(=O)CCC(=O)O)C[C@H]4COCCS(=O)(=O)O)cc1O[C@@H]1O[C@H](C(=O)O)[C@@H](O)[C@H](O)[C@H]1O)(C3)C2. The van der Waals surface area contributed by atoms with Crippen molar-refractivity contribution >= 4 is 90.3 Å². The number of rotatable bonds is 32. The van der Waals surface area contributed by atoms with Gasteiger partial charge in [0.25, 0.3) is 16.0 Å². The summed E-state index contributed by atoms with van der Waals surface area (Å²) in [6, 6.07) is 19.9. The molecule has 580 valence electrons. The van der Waals surface area contributed by atoms with Crippen molar-refractivity contribution in [2.45, 2.75) is 172 Å². The number of nitrogens with one attached hydrogen (secondary N) is 3. The predicted molar refractivity (Wildman–Crippen MR) is 387 cm³/mol. The van der Waals surface area contributed by atoms with Crippen molar-refractivity contribution in [2.24, 2.45) is 16.2 Å². The molecule has 32 nitrogen and oxygen atoms in total. The van der Waals surface area contributed by atoms with Crippen LogP contribution in [0.5, 0.6) is 5.75 Å². The molecule has 6 fully saturated rings. The lowest BCUT2D eigenvalue weighted by Gasteiger charge is -2.69. The first-order valence-corrected chi connectivity index (χ1v) is 38.3. The minimum atomic E-state index is -4.36. The molecular weight excluding hydrogens is 1440 g/mol. The second-order valence-electron chi connectivity index (χ2n) is 30.2. The summed E-state index contributed by atoms with van der Waals surface area (Å²) in [4.78, 5) is 117. The highest BCUT2D eigenvalue weighted by atomic mass is 32.2. The number of aryl methyl sites for hydroxylation is 1. The fraction of sp³-hybridized carbons (Fsp3) is 0.527. The molecular formula is C74H90N10O22S2. The molecule has 34 heteroatoms. The van der Waals surface area contributed by atoms with E-state index >= 15 is 0 Å². The number of amides is 5. The molecule has 6 aromatic rings. The highest BCUT2D eigenvalue weighted by Gasteiger charge is 2.66. The van der Waals surface area contributed by atoms with Crippen LogP contribution in [0.15, 0.2) is 79.0 Å². The number of aromatic nitrogens is 4. The number of likely N-dealkylation sites (N-methyl/N-ethyl adjacent to an activating group) is 1. The van der Waals surface area contributed by atoms with Crippen LogP contribution in [-0.2, 0) is 85.6 Å². The number of carboxylic acid groups (broad SMARTS) is 3. The van der Waals surface area contributed by atoms with E-state index in [9.17, 15) is 72.3 Å². The Kier molecular flexibility index (Phi) is 23.3. The van der Waals surface area contributed by atoms with Crippen LogP contribution >= 0.6 is 11.3 Å². The number of carboxylic acids is 3. The zero-order valence-electron chi connectivity index (χ0n) is 60.2. The quantitative estimate of drug-likeness (QED) is 0.0188. The van der Waals surface area contributed by atoms with Crippen molar-refractivity contribution in [3.63, 3.8) is 0 Å². The van der Waals surface area contributed by atoms with Gasteiger partial charge in [-0.15, -0.1) is 0 Å². The van der Waals surface area contributed by atoms with Gasteiger partial charge in [0.2, 0.25) is 24.0 Å². The third kappa shape index (κ3) is 18.0. The Balaban J connectivity index is 0.658. The number of aliphatic carboxylic acids is 2. The van der Waals surface area contributed by atoms with Gasteiger partial charge < -0.3 is 79.7 Å². The zero-order valence-corrected chi connectivity index (χ0v) is 61.9. The molecule has 0 spiro atoms. The molecule has 5 amide bonds. The highest BCUT2D eigenvalue weighted by Crippen LogP contribution is 2.72. The van der Waals surface area contributed by atoms with Gasteiger partial charge in [-0.2, -0.15) is 13.5 Å². The van der Waals surface area contributed by atoms with Crippen molar-refractivity contribution in [2.75, 3.05) is 69.0 Å². The Morgan fingerprint density at radius 3 is 2.34 bits per heavy atom. The van der Waals surface area contributed by atoms with E-state index in [2.05, 4.69) is 34.8 Å². The molecule has 3 aliphatic heterocycles. The number of aliphatic hydroxyl groups is 3. The van der Waals surface area contributed by atoms with E-state index in [4.69, 9.17) is 43.4 Å². The summed E-state index contributed by atoms with van der Waals surface area (Å²) in [5, 5.41) is 75.3. The number of hydrogen-bond acceptors (Lipinski definition) is 23. The molecule has 4 saturated carbocycles. The van der Waals surface area contributed by atoms with Crippen LogP contribution in [0.3, 0.4) is 0 Å². The number of ether oxygens (including phenoxy) is 5. The lowest BCUT2D eigenvalue weighted by molar-refractivity contribution is -0.271. The van der Waals surface area contributed by atoms with Crippen LogP contribution in [0.1, 0.15) is 133 Å². The molecule has 0 radical (unpaired) electrons. The van der Waals surface area contributed by atoms with Gasteiger partial charge >= 0.3 is 24.0 Å². The number of pyridine rings is 1. The van der Waals surface area contributed by atoms with E-state index in [0.717, 1.165) is 70.5 Å². The lowest BCUT2D eigenvalue weighted by Crippen LogP contribution is -2.64. The first-order valence-electron chi connectivity index (χ1n) is 35.9. The van der Waals surface area contributed by atoms with Crippen LogP contribution in [0.4, 0.5) is 15.7 Å². The van der Waals surface area contributed by atoms with Crippen LogP contribution in [0.25, 0.3) is 21.3 Å². The van der Waals surface area contributed by atoms with E-state index in [-0.39, 0.29) is 78.5 Å². The Labute approximate surface area is 625 Å². The third-order valence-corrected chi connectivity index (χ3v) is 23.0. The standard InChI is InChI=1S/C74H90N10O22S2/c1-42-49(47-17-18-55(79-59(47)66(94)95)82-23-21-44-11-9-12-48(50(44)31-82)64(92)80-69-78-51-13-5-6-14-54(51)107-69)30-76-84(42)41-73-36-71(2)35-72(3,37-73)39-74(38-71,40-73)104-25-24-81(4)70(98)103-33-45-16-15-43(28-53(45)105-68-62(91)60(89)61(90)63(106-68)67(96)97)10-7-8-22-75-57(86)32-83-46(34-102-26-27-108(99,100)101)29-52(65(83)93)77-56(85)19-20-58(87)88/h5-6,9,11-18,28,30,46,52,60-63,68,89-91H,7-8,10,19-27,29,31-41H2,1-4H3,(H,75,86)(H,77,85)(H,87,88)(H,94,95)(H,96,97)(H,78,80,92)(H,99,100,101)/t46-,52-,60-,61-,62+,63-,68+,71?,72?,73?,74?/m0/s1. The number of likely N-dealkylation sites (tertiary alicyclic amines) is 1. The Morgan fingerprint density at radius 2 is 1.61 bits per heavy atom. The largest absolute Gasteiger partial charge is 0.481 e. The summed E-state index contributed by atoms with van der Waals surface area (Å²) in [5.41, 5.74) is 4.87. The first kappa shape index (κ1) is 78.3. The molecule has 4 aliphatic carbocycles. The topological polar surface area (TPSA) is 448 Å². The van der Waals surface area contributed by atoms with Crippen molar-refractivity contribution in [1.82, 2.24) is 40.2 Å². The fourth-order valence-corrected chi connectivity index (χ4v) is 18.7. The maximum Gasteiger partial charge on any atom is 0.409 e. The second-order valence-corrected chi connectivity index (χ2v) is 32.9. The van der Waals surface area contributed by atoms with Gasteiger partial charge in [-0.25, -0.2) is 24.4 Å². The Morgan fingerprint density at radius 1 is 0.843 bits per heavy atom. The van der Waals surface area contributed by atoms with Crippen molar-refractivity contribution < 1.29 is 106 Å². The minimum absolute atomic E-state index is 0.0167. The van der Waals surface area contributed by atoms with Gasteiger partial charge in [0.05, 0.1) is 66.6 Å². The van der Waals surface area contributed by atoms with E-state index in [0.29, 0.717) is 78.5 Å². The number of hydrogen-bond donors (Lipinski definition) is 10. The number of nitrogens with zero attached hydrogens (tertiary/aromatic N) is 7. The number of aliphatic hydroxyl groups excluding tert-OH is 3. The average molecular weight is 1540 g/mol. The normalized spacial score (nSPS) is 25.7. The number of thiazole rings is 1. The maximum absolute atomic E-state index is 13.9. The van der Waals surface area contributed by atoms with Crippen molar-refractivity contribution in [3.05, 3.63) is 118 Å². The molecule has 13 rings (SSSR count). The number of para-hydroxylation sites is 1. The molecule has 4 bridgehead atoms. The number of carbonyl (C=O) groups excluding carboxylic acids is 5. The number of unbranched alkanes of at least 4 members (excludes halogenated alkanes) is 1. The molecule has 6 heterocycles. The Bertz CT molecular complexity index is 4500. The van der Waals surface area contributed by atoms with Gasteiger partial charge in [0.15, 0.2) is 16.9 Å². The van der Waals surface area contributed by atoms with E-state index in [1.807, 2.05) is 59.0 Å². The average Bonchev–Trinajstić information content (AvgIpc) is 0.891. The summed E-state index contributed by atoms with van der Waals surface area (Å²) in [7, 11) is -2.79. The van der Waals surface area contributed by atoms with Crippen LogP contribution in [0.2, 0.25) is 0 Å². The summed E-state index contributed by atoms with van der Waals surface area (Å²) < 4.78 is 64.3. The number of fused-ring (bicyclic) bond motifs is 2. The van der Waals surface area contributed by atoms with E-state index in [1.54, 1.807) is 43.6 Å². The summed E-state index contributed by atoms with van der Waals surface area (Å²) in [6.07, 6.45) is -2.62. The van der Waals surface area contributed by atoms with Crippen LogP contribution in [0, 0.1) is 23.2 Å². The van der Waals surface area contributed by atoms with E-state index < -0.39 is 132 Å². The number of aromatic carboxylic acids is 1. The van der Waals surface area contributed by atoms with Gasteiger partial charge in [-0.3, -0.25) is 38.5 Å². The zero-order chi connectivity index (χ0) is 77.2. The molecule has 9 atom stereocenters. The molecule has 7 aliphatic rings. The van der Waals surface area contributed by atoms with Gasteiger partial charge in [0, 0.05) is 74.1 Å². The van der Waals surface area contributed by atoms with Gasteiger partial charge in [0.1, 0.15) is 42.5 Å². The molecule has 108 heavy (non-hydrogen) atoms. The Hall–Kier alpha value is -9.26. The predicted octanol–water partition coefficient (Wildman–Crippen LogP) is 5.35. The van der Waals surface area contributed by atoms with Crippen LogP contribution in [-0.4, -0.2) is 228 Å². The van der Waals surface area contributed by atoms with E-state index in [1.165, 1.54) is 16.2 Å². The first-order chi connectivity index (χ1) is 51.3. The third-order valence-electron chi connectivity index (χ3n) is 21.4. The fourth-order valence-electron chi connectivity index (χ4n) is 17.6. The number of carbonyl (C=O) groups is 8. The lowest BCUT2D eigenvalue weighted by atomic mass is 9.39. The number of anilines is 2. The molecule has 3 aromatic heterocycles. The summed E-state index contributed by atoms with van der Waals surface area (Å²) >= 11 is 1.40. The summed E-state index contributed by atoms with van der Waals surface area (Å²) in [6.45, 7) is 6.95. The van der Waals surface area contributed by atoms with Gasteiger partial charge in [-0.1, -0.05) is 61.6 Å². The second kappa shape index (κ2) is 32.1.